The van der Waals surface area contributed by atoms with Gasteiger partial charge in [-0.25, -0.2) is 9.97 Å². The summed E-state index contributed by atoms with van der Waals surface area (Å²) in [4.78, 5) is 8.17. The highest BCUT2D eigenvalue weighted by Crippen LogP contribution is 2.36. The Balaban J connectivity index is 1.91. The highest BCUT2D eigenvalue weighted by atomic mass is 79.9. The number of ether oxygens (including phenoxy) is 1. The predicted octanol–water partition coefficient (Wildman–Crippen LogP) is 5.09. The van der Waals surface area contributed by atoms with Crippen molar-refractivity contribution in [2.75, 3.05) is 0 Å². The third kappa shape index (κ3) is 3.49. The fourth-order valence-electron chi connectivity index (χ4n) is 2.00. The third-order valence-corrected chi connectivity index (χ3v) is 4.18. The molecule has 0 spiro atoms. The lowest BCUT2D eigenvalue weighted by molar-refractivity contribution is 0.289. The molecule has 23 heavy (non-hydrogen) atoms. The van der Waals surface area contributed by atoms with E-state index >= 15 is 0 Å². The molecule has 0 atom stereocenters. The van der Waals surface area contributed by atoms with Gasteiger partial charge >= 0.3 is 0 Å². The molecule has 2 heterocycles. The largest absolute Gasteiger partial charge is 0.471 e. The Kier molecular flexibility index (Phi) is 4.84. The normalized spacial score (nSPS) is 10.8. The summed E-state index contributed by atoms with van der Waals surface area (Å²) >= 11 is 15.7. The molecule has 5 nitrogen and oxygen atoms in total. The van der Waals surface area contributed by atoms with Crippen LogP contribution >= 0.6 is 39.1 Å². The Labute approximate surface area is 150 Å². The summed E-state index contributed by atoms with van der Waals surface area (Å²) in [5.41, 5.74) is 1.93. The smallest absolute Gasteiger partial charge is 0.232 e. The molecular formula is C15H10BrCl2N3O2. The second-order valence-electron chi connectivity index (χ2n) is 4.63. The minimum Gasteiger partial charge on any atom is -0.471 e. The van der Waals surface area contributed by atoms with E-state index in [0.29, 0.717) is 37.5 Å². The van der Waals surface area contributed by atoms with Crippen LogP contribution in [0.2, 0.25) is 10.0 Å². The predicted molar refractivity (Wildman–Crippen MR) is 90.8 cm³/mol. The Bertz CT molecular complexity index is 817. The summed E-state index contributed by atoms with van der Waals surface area (Å²) in [5.74, 6) is 1.02. The van der Waals surface area contributed by atoms with Gasteiger partial charge in [-0.2, -0.15) is 0 Å². The summed E-state index contributed by atoms with van der Waals surface area (Å²) in [7, 11) is 0. The number of benzene rings is 1. The van der Waals surface area contributed by atoms with E-state index in [9.17, 15) is 0 Å². The molecule has 0 aliphatic carbocycles. The molecular weight excluding hydrogens is 405 g/mol. The molecule has 1 aromatic carbocycles. The first-order valence-electron chi connectivity index (χ1n) is 6.56. The third-order valence-electron chi connectivity index (χ3n) is 3.15. The molecule has 0 radical (unpaired) electrons. The van der Waals surface area contributed by atoms with Gasteiger partial charge in [-0.3, -0.25) is 0 Å². The second kappa shape index (κ2) is 6.86. The molecule has 2 aromatic heterocycles. The molecule has 3 rings (SSSR count). The van der Waals surface area contributed by atoms with Crippen LogP contribution in [0, 0.1) is 6.92 Å². The van der Waals surface area contributed by atoms with Crippen molar-refractivity contribution < 1.29 is 9.26 Å². The standard InChI is InChI=1S/C15H10BrCl2N3O2/c1-8-9(7-22-13-6-19-12(16)5-20-13)15(21-23-8)14-10(17)3-2-4-11(14)18/h2-6H,7H2,1H3. The fourth-order valence-corrected chi connectivity index (χ4v) is 2.78. The van der Waals surface area contributed by atoms with Crippen LogP contribution in [0.1, 0.15) is 11.3 Å². The van der Waals surface area contributed by atoms with E-state index in [4.69, 9.17) is 32.5 Å². The number of rotatable bonds is 4. The molecule has 0 saturated carbocycles. The maximum absolute atomic E-state index is 6.25. The number of aryl methyl sites for hydroxylation is 1. The van der Waals surface area contributed by atoms with Crippen LogP contribution in [0.25, 0.3) is 11.3 Å². The lowest BCUT2D eigenvalue weighted by atomic mass is 10.1. The van der Waals surface area contributed by atoms with Gasteiger partial charge in [0.25, 0.3) is 0 Å². The monoisotopic (exact) mass is 413 g/mol. The SMILES string of the molecule is Cc1onc(-c2c(Cl)cccc2Cl)c1COc1cnc(Br)cn1. The van der Waals surface area contributed by atoms with Crippen LogP contribution in [0.15, 0.2) is 39.7 Å². The van der Waals surface area contributed by atoms with Crippen molar-refractivity contribution in [1.82, 2.24) is 15.1 Å². The van der Waals surface area contributed by atoms with Crippen LogP contribution in [0.5, 0.6) is 5.88 Å². The Morgan fingerprint density at radius 1 is 1.17 bits per heavy atom. The van der Waals surface area contributed by atoms with Gasteiger partial charge in [-0.15, -0.1) is 0 Å². The van der Waals surface area contributed by atoms with E-state index < -0.39 is 0 Å². The fraction of sp³-hybridized carbons (Fsp3) is 0.133. The molecule has 0 amide bonds. The molecule has 3 aromatic rings. The first-order chi connectivity index (χ1) is 11.1. The first kappa shape index (κ1) is 16.2. The maximum Gasteiger partial charge on any atom is 0.232 e. The van der Waals surface area contributed by atoms with Crippen LogP contribution in [-0.4, -0.2) is 15.1 Å². The lowest BCUT2D eigenvalue weighted by Crippen LogP contribution is -2.00. The van der Waals surface area contributed by atoms with Crippen molar-refractivity contribution in [3.8, 4) is 17.1 Å². The van der Waals surface area contributed by atoms with Gasteiger partial charge in [0.2, 0.25) is 5.88 Å². The molecule has 118 valence electrons. The highest BCUT2D eigenvalue weighted by Gasteiger charge is 2.20. The van der Waals surface area contributed by atoms with E-state index in [2.05, 4.69) is 31.1 Å². The Hall–Kier alpha value is -1.63. The van der Waals surface area contributed by atoms with E-state index in [1.807, 2.05) is 0 Å². The average molecular weight is 415 g/mol. The van der Waals surface area contributed by atoms with Gasteiger partial charge in [0.1, 0.15) is 22.7 Å². The summed E-state index contributed by atoms with van der Waals surface area (Å²) in [6.45, 7) is 2.01. The maximum atomic E-state index is 6.25. The van der Waals surface area contributed by atoms with Gasteiger partial charge < -0.3 is 9.26 Å². The van der Waals surface area contributed by atoms with E-state index in [1.54, 1.807) is 31.3 Å². The minimum absolute atomic E-state index is 0.211. The Morgan fingerprint density at radius 3 is 2.57 bits per heavy atom. The molecule has 0 bridgehead atoms. The van der Waals surface area contributed by atoms with Gasteiger partial charge in [0.05, 0.1) is 28.0 Å². The zero-order chi connectivity index (χ0) is 16.4. The second-order valence-corrected chi connectivity index (χ2v) is 6.26. The minimum atomic E-state index is 0.211. The molecule has 0 saturated heterocycles. The molecule has 0 fully saturated rings. The highest BCUT2D eigenvalue weighted by molar-refractivity contribution is 9.10. The summed E-state index contributed by atoms with van der Waals surface area (Å²) in [6.07, 6.45) is 3.08. The topological polar surface area (TPSA) is 61.0 Å². The van der Waals surface area contributed by atoms with Crippen LogP contribution in [0.4, 0.5) is 0 Å². The lowest BCUT2D eigenvalue weighted by Gasteiger charge is -2.08. The van der Waals surface area contributed by atoms with Crippen molar-refractivity contribution in [2.24, 2.45) is 0 Å². The van der Waals surface area contributed by atoms with E-state index in [1.165, 1.54) is 6.20 Å². The number of hydrogen-bond donors (Lipinski definition) is 0. The first-order valence-corrected chi connectivity index (χ1v) is 8.11. The number of nitrogens with zero attached hydrogens (tertiary/aromatic N) is 3. The van der Waals surface area contributed by atoms with Crippen molar-refractivity contribution in [3.63, 3.8) is 0 Å². The van der Waals surface area contributed by atoms with Gasteiger partial charge in [-0.05, 0) is 35.0 Å². The van der Waals surface area contributed by atoms with Gasteiger partial charge in [-0.1, -0.05) is 34.4 Å². The number of aromatic nitrogens is 3. The average Bonchev–Trinajstić information content (AvgIpc) is 2.88. The van der Waals surface area contributed by atoms with Gasteiger partial charge in [0, 0.05) is 5.56 Å². The molecule has 0 unspecified atom stereocenters. The molecule has 8 heteroatoms. The van der Waals surface area contributed by atoms with Crippen LogP contribution in [0.3, 0.4) is 0 Å². The van der Waals surface area contributed by atoms with Gasteiger partial charge in [0.15, 0.2) is 0 Å². The zero-order valence-corrected chi connectivity index (χ0v) is 15.0. The van der Waals surface area contributed by atoms with Crippen molar-refractivity contribution in [1.29, 1.82) is 0 Å². The number of halogens is 3. The summed E-state index contributed by atoms with van der Waals surface area (Å²) < 4.78 is 11.6. The van der Waals surface area contributed by atoms with E-state index in [-0.39, 0.29) is 6.61 Å². The molecule has 0 aliphatic rings. The molecule has 0 N–H and O–H groups in total. The Morgan fingerprint density at radius 2 is 1.91 bits per heavy atom. The summed E-state index contributed by atoms with van der Waals surface area (Å²) in [6, 6.07) is 5.27. The van der Waals surface area contributed by atoms with Crippen molar-refractivity contribution >= 4 is 39.1 Å². The van der Waals surface area contributed by atoms with Crippen LogP contribution in [-0.2, 0) is 6.61 Å². The molecule has 0 aliphatic heterocycles. The summed E-state index contributed by atoms with van der Waals surface area (Å²) in [5, 5.41) is 5.06. The number of hydrogen-bond acceptors (Lipinski definition) is 5. The quantitative estimate of drug-likeness (QED) is 0.595. The van der Waals surface area contributed by atoms with Crippen molar-refractivity contribution in [3.05, 3.63) is 56.6 Å². The van der Waals surface area contributed by atoms with Crippen molar-refractivity contribution in [2.45, 2.75) is 13.5 Å². The zero-order valence-electron chi connectivity index (χ0n) is 11.9. The van der Waals surface area contributed by atoms with E-state index in [0.717, 1.165) is 5.56 Å². The van der Waals surface area contributed by atoms with Crippen LogP contribution < -0.4 is 4.74 Å².